The summed E-state index contributed by atoms with van der Waals surface area (Å²) in [5.74, 6) is -1.48. The van der Waals surface area contributed by atoms with Crippen LogP contribution >= 0.6 is 0 Å². The Labute approximate surface area is 128 Å². The standard InChI is InChI=1S/C16H19NO5/c1-12(18)7-8-15(19)21-9-10-22-16(20)14(17)11-13-5-3-2-4-6-13/h2-8,14H,9-11,17H2,1H3/b8-7+/t14-/m0/s1. The first-order chi connectivity index (χ1) is 10.5. The summed E-state index contributed by atoms with van der Waals surface area (Å²) in [5.41, 5.74) is 6.68. The molecule has 1 aromatic carbocycles. The molecule has 1 aromatic rings. The summed E-state index contributed by atoms with van der Waals surface area (Å²) < 4.78 is 9.66. The maximum atomic E-state index is 11.7. The van der Waals surface area contributed by atoms with E-state index < -0.39 is 18.0 Å². The first-order valence-electron chi connectivity index (χ1n) is 6.80. The van der Waals surface area contributed by atoms with E-state index in [1.165, 1.54) is 6.92 Å². The predicted molar refractivity (Wildman–Crippen MR) is 79.9 cm³/mol. The van der Waals surface area contributed by atoms with E-state index in [0.717, 1.165) is 17.7 Å². The topological polar surface area (TPSA) is 95.7 Å². The Kier molecular flexibility index (Phi) is 7.56. The third-order valence-corrected chi connectivity index (χ3v) is 2.63. The van der Waals surface area contributed by atoms with Crippen molar-refractivity contribution in [3.63, 3.8) is 0 Å². The number of nitrogens with two attached hydrogens (primary N) is 1. The number of allylic oxidation sites excluding steroid dienone is 1. The normalized spacial score (nSPS) is 11.9. The zero-order valence-corrected chi connectivity index (χ0v) is 12.4. The Balaban J connectivity index is 2.23. The molecule has 0 saturated heterocycles. The quantitative estimate of drug-likeness (QED) is 0.433. The lowest BCUT2D eigenvalue weighted by Gasteiger charge is -2.11. The van der Waals surface area contributed by atoms with Crippen LogP contribution in [0.2, 0.25) is 0 Å². The van der Waals surface area contributed by atoms with Gasteiger partial charge in [-0.3, -0.25) is 9.59 Å². The maximum Gasteiger partial charge on any atom is 0.330 e. The van der Waals surface area contributed by atoms with E-state index in [1.807, 2.05) is 30.3 Å². The molecule has 0 amide bonds. The molecule has 0 aliphatic rings. The number of hydrogen-bond acceptors (Lipinski definition) is 6. The summed E-state index contributed by atoms with van der Waals surface area (Å²) in [4.78, 5) is 33.4. The van der Waals surface area contributed by atoms with Crippen molar-refractivity contribution in [1.82, 2.24) is 0 Å². The average Bonchev–Trinajstić information content (AvgIpc) is 2.50. The highest BCUT2D eigenvalue weighted by molar-refractivity contribution is 5.94. The zero-order valence-electron chi connectivity index (χ0n) is 12.4. The Morgan fingerprint density at radius 2 is 1.73 bits per heavy atom. The number of ketones is 1. The van der Waals surface area contributed by atoms with Crippen LogP contribution in [0.25, 0.3) is 0 Å². The molecular formula is C16H19NO5. The van der Waals surface area contributed by atoms with Crippen molar-refractivity contribution in [2.75, 3.05) is 13.2 Å². The molecule has 0 unspecified atom stereocenters. The molecule has 6 heteroatoms. The second kappa shape index (κ2) is 9.46. The summed E-state index contributed by atoms with van der Waals surface area (Å²) in [5, 5.41) is 0. The van der Waals surface area contributed by atoms with Crippen molar-refractivity contribution in [1.29, 1.82) is 0 Å². The molecule has 0 saturated carbocycles. The lowest BCUT2D eigenvalue weighted by Crippen LogP contribution is -2.35. The molecule has 1 atom stereocenters. The van der Waals surface area contributed by atoms with E-state index in [-0.39, 0.29) is 19.0 Å². The van der Waals surface area contributed by atoms with Gasteiger partial charge in [0.15, 0.2) is 5.78 Å². The molecule has 0 aliphatic carbocycles. The van der Waals surface area contributed by atoms with Crippen molar-refractivity contribution in [3.05, 3.63) is 48.0 Å². The fourth-order valence-electron chi connectivity index (χ4n) is 1.58. The SMILES string of the molecule is CC(=O)/C=C/C(=O)OCCOC(=O)[C@@H](N)Cc1ccccc1. The number of esters is 2. The lowest BCUT2D eigenvalue weighted by molar-refractivity contribution is -0.150. The second-order valence-corrected chi connectivity index (χ2v) is 4.58. The fourth-order valence-corrected chi connectivity index (χ4v) is 1.58. The van der Waals surface area contributed by atoms with Gasteiger partial charge in [0.2, 0.25) is 0 Å². The molecule has 1 rings (SSSR count). The van der Waals surface area contributed by atoms with Crippen LogP contribution in [-0.4, -0.2) is 37.0 Å². The van der Waals surface area contributed by atoms with Crippen LogP contribution in [0.15, 0.2) is 42.5 Å². The highest BCUT2D eigenvalue weighted by atomic mass is 16.6. The number of benzene rings is 1. The summed E-state index contributed by atoms with van der Waals surface area (Å²) in [7, 11) is 0. The largest absolute Gasteiger partial charge is 0.461 e. The minimum Gasteiger partial charge on any atom is -0.461 e. The van der Waals surface area contributed by atoms with Crippen LogP contribution < -0.4 is 5.73 Å². The first-order valence-corrected chi connectivity index (χ1v) is 6.80. The smallest absolute Gasteiger partial charge is 0.330 e. The third kappa shape index (κ3) is 7.35. The molecular weight excluding hydrogens is 286 g/mol. The summed E-state index contributed by atoms with van der Waals surface area (Å²) >= 11 is 0. The van der Waals surface area contributed by atoms with Gasteiger partial charge in [-0.25, -0.2) is 4.79 Å². The molecule has 0 aliphatic heterocycles. The molecule has 0 radical (unpaired) electrons. The van der Waals surface area contributed by atoms with E-state index >= 15 is 0 Å². The van der Waals surface area contributed by atoms with Crippen molar-refractivity contribution >= 4 is 17.7 Å². The van der Waals surface area contributed by atoms with Gasteiger partial charge in [-0.1, -0.05) is 30.3 Å². The van der Waals surface area contributed by atoms with Gasteiger partial charge in [0.25, 0.3) is 0 Å². The summed E-state index contributed by atoms with van der Waals surface area (Å²) in [6.07, 6.45) is 2.50. The van der Waals surface area contributed by atoms with E-state index in [1.54, 1.807) is 0 Å². The van der Waals surface area contributed by atoms with Gasteiger partial charge in [0.1, 0.15) is 19.3 Å². The highest BCUT2D eigenvalue weighted by Gasteiger charge is 2.15. The van der Waals surface area contributed by atoms with Gasteiger partial charge < -0.3 is 15.2 Å². The van der Waals surface area contributed by atoms with Crippen molar-refractivity contribution in [2.45, 2.75) is 19.4 Å². The molecule has 0 bridgehead atoms. The number of ether oxygens (including phenoxy) is 2. The zero-order chi connectivity index (χ0) is 16.4. The molecule has 118 valence electrons. The molecule has 0 aromatic heterocycles. The highest BCUT2D eigenvalue weighted by Crippen LogP contribution is 2.02. The van der Waals surface area contributed by atoms with Crippen LogP contribution in [0.5, 0.6) is 0 Å². The van der Waals surface area contributed by atoms with Crippen molar-refractivity contribution < 1.29 is 23.9 Å². The second-order valence-electron chi connectivity index (χ2n) is 4.58. The van der Waals surface area contributed by atoms with Gasteiger partial charge in [-0.2, -0.15) is 0 Å². The minimum absolute atomic E-state index is 0.0824. The van der Waals surface area contributed by atoms with Crippen molar-refractivity contribution in [2.24, 2.45) is 5.73 Å². The van der Waals surface area contributed by atoms with Gasteiger partial charge in [-0.15, -0.1) is 0 Å². The Morgan fingerprint density at radius 1 is 1.09 bits per heavy atom. The van der Waals surface area contributed by atoms with Crippen LogP contribution in [0.1, 0.15) is 12.5 Å². The van der Waals surface area contributed by atoms with E-state index in [2.05, 4.69) is 0 Å². The predicted octanol–water partition coefficient (Wildman–Crippen LogP) is 0.788. The summed E-state index contributed by atoms with van der Waals surface area (Å²) in [6, 6.07) is 8.58. The van der Waals surface area contributed by atoms with Crippen LogP contribution in [0, 0.1) is 0 Å². The van der Waals surface area contributed by atoms with Crippen LogP contribution in [0.3, 0.4) is 0 Å². The molecule has 2 N–H and O–H groups in total. The molecule has 0 spiro atoms. The Hall–Kier alpha value is -2.47. The van der Waals surface area contributed by atoms with E-state index in [0.29, 0.717) is 6.42 Å². The van der Waals surface area contributed by atoms with E-state index in [4.69, 9.17) is 15.2 Å². The van der Waals surface area contributed by atoms with Crippen molar-refractivity contribution in [3.8, 4) is 0 Å². The first kappa shape index (κ1) is 17.6. The monoisotopic (exact) mass is 305 g/mol. The molecule has 6 nitrogen and oxygen atoms in total. The molecule has 0 heterocycles. The van der Waals surface area contributed by atoms with Gasteiger partial charge in [0, 0.05) is 6.08 Å². The van der Waals surface area contributed by atoms with Gasteiger partial charge >= 0.3 is 11.9 Å². The maximum absolute atomic E-state index is 11.7. The van der Waals surface area contributed by atoms with Crippen LogP contribution in [0.4, 0.5) is 0 Å². The molecule has 0 fully saturated rings. The number of carbonyl (C=O) groups is 3. The van der Waals surface area contributed by atoms with Crippen LogP contribution in [-0.2, 0) is 30.3 Å². The van der Waals surface area contributed by atoms with E-state index in [9.17, 15) is 14.4 Å². The van der Waals surface area contributed by atoms with Gasteiger partial charge in [-0.05, 0) is 25.0 Å². The molecule has 22 heavy (non-hydrogen) atoms. The number of rotatable bonds is 8. The fraction of sp³-hybridized carbons (Fsp3) is 0.312. The lowest BCUT2D eigenvalue weighted by atomic mass is 10.1. The van der Waals surface area contributed by atoms with Gasteiger partial charge in [0.05, 0.1) is 0 Å². The number of hydrogen-bond donors (Lipinski definition) is 1. The third-order valence-electron chi connectivity index (χ3n) is 2.63. The average molecular weight is 305 g/mol. The Morgan fingerprint density at radius 3 is 2.36 bits per heavy atom. The number of carbonyl (C=O) groups excluding carboxylic acids is 3. The Bertz CT molecular complexity index is 539. The summed E-state index contributed by atoms with van der Waals surface area (Å²) in [6.45, 7) is 1.14. The minimum atomic E-state index is -0.768.